The van der Waals surface area contributed by atoms with Crippen molar-refractivity contribution in [3.8, 4) is 5.75 Å². The molecule has 0 bridgehead atoms. The maximum atomic E-state index is 13.3. The SMILES string of the molecule is COC(=O)C(C)(C)[C@@H]1c2c(ccc3ccccc23)OC(=O)[C@H]1C(=O)NCc1ccccc1. The number of carbonyl (C=O) groups is 3. The monoisotopic (exact) mass is 431 g/mol. The van der Waals surface area contributed by atoms with Crippen molar-refractivity contribution in [3.05, 3.63) is 77.9 Å². The van der Waals surface area contributed by atoms with Crippen molar-refractivity contribution in [1.29, 1.82) is 0 Å². The molecular formula is C26H25NO5. The molecule has 1 heterocycles. The van der Waals surface area contributed by atoms with Gasteiger partial charge in [-0.05, 0) is 36.2 Å². The van der Waals surface area contributed by atoms with E-state index < -0.39 is 35.1 Å². The minimum absolute atomic E-state index is 0.261. The molecule has 0 aliphatic carbocycles. The molecule has 0 radical (unpaired) electrons. The van der Waals surface area contributed by atoms with Gasteiger partial charge in [0.25, 0.3) is 0 Å². The molecule has 0 fully saturated rings. The van der Waals surface area contributed by atoms with Crippen LogP contribution in [0.15, 0.2) is 66.7 Å². The van der Waals surface area contributed by atoms with Gasteiger partial charge >= 0.3 is 11.9 Å². The van der Waals surface area contributed by atoms with E-state index in [1.54, 1.807) is 19.9 Å². The van der Waals surface area contributed by atoms with Crippen LogP contribution in [0.5, 0.6) is 5.75 Å². The van der Waals surface area contributed by atoms with Gasteiger partial charge in [0.2, 0.25) is 5.91 Å². The highest BCUT2D eigenvalue weighted by molar-refractivity contribution is 6.04. The number of carbonyl (C=O) groups excluding carboxylic acids is 3. The van der Waals surface area contributed by atoms with Crippen molar-refractivity contribution in [3.63, 3.8) is 0 Å². The normalized spacial score (nSPS) is 17.9. The lowest BCUT2D eigenvalue weighted by atomic mass is 9.65. The Hall–Kier alpha value is -3.67. The zero-order valence-electron chi connectivity index (χ0n) is 18.3. The Morgan fingerprint density at radius 3 is 2.41 bits per heavy atom. The summed E-state index contributed by atoms with van der Waals surface area (Å²) in [7, 11) is 1.31. The fraction of sp³-hybridized carbons (Fsp3) is 0.269. The number of ether oxygens (including phenoxy) is 2. The summed E-state index contributed by atoms with van der Waals surface area (Å²) in [6, 6.07) is 20.6. The van der Waals surface area contributed by atoms with Gasteiger partial charge in [0.05, 0.1) is 12.5 Å². The molecule has 1 amide bonds. The summed E-state index contributed by atoms with van der Waals surface area (Å²) >= 11 is 0. The standard InChI is InChI=1S/C26H25NO5/c1-26(2,25(30)31-3)22-20-18-12-8-7-11-17(18)13-14-19(20)32-24(29)21(22)23(28)27-15-16-9-5-4-6-10-16/h4-14,21-22H,15H2,1-3H3,(H,27,28)/t21-,22-/m1/s1. The summed E-state index contributed by atoms with van der Waals surface area (Å²) in [5.41, 5.74) is 0.402. The maximum absolute atomic E-state index is 13.3. The van der Waals surface area contributed by atoms with E-state index in [-0.39, 0.29) is 6.54 Å². The third-order valence-electron chi connectivity index (χ3n) is 6.12. The molecule has 6 heteroatoms. The van der Waals surface area contributed by atoms with Crippen LogP contribution in [0.4, 0.5) is 0 Å². The Morgan fingerprint density at radius 2 is 1.69 bits per heavy atom. The van der Waals surface area contributed by atoms with Gasteiger partial charge in [-0.1, -0.05) is 60.7 Å². The molecule has 3 aromatic carbocycles. The molecule has 0 aromatic heterocycles. The predicted octanol–water partition coefficient (Wildman–Crippen LogP) is 3.97. The number of esters is 2. The van der Waals surface area contributed by atoms with Crippen LogP contribution in [0.1, 0.15) is 30.9 Å². The van der Waals surface area contributed by atoms with Gasteiger partial charge in [0, 0.05) is 18.0 Å². The average Bonchev–Trinajstić information content (AvgIpc) is 2.81. The Balaban J connectivity index is 1.82. The van der Waals surface area contributed by atoms with E-state index >= 15 is 0 Å². The first-order valence-corrected chi connectivity index (χ1v) is 10.5. The van der Waals surface area contributed by atoms with Gasteiger partial charge in [-0.15, -0.1) is 0 Å². The number of hydrogen-bond acceptors (Lipinski definition) is 5. The molecule has 32 heavy (non-hydrogen) atoms. The molecule has 4 rings (SSSR count). The highest BCUT2D eigenvalue weighted by Gasteiger charge is 2.53. The maximum Gasteiger partial charge on any atom is 0.324 e. The van der Waals surface area contributed by atoms with E-state index in [4.69, 9.17) is 9.47 Å². The van der Waals surface area contributed by atoms with Crippen LogP contribution in [0.25, 0.3) is 10.8 Å². The fourth-order valence-corrected chi connectivity index (χ4v) is 4.48. The van der Waals surface area contributed by atoms with E-state index in [1.165, 1.54) is 7.11 Å². The van der Waals surface area contributed by atoms with E-state index in [2.05, 4.69) is 5.32 Å². The van der Waals surface area contributed by atoms with Crippen molar-refractivity contribution in [1.82, 2.24) is 5.32 Å². The van der Waals surface area contributed by atoms with Crippen molar-refractivity contribution in [2.75, 3.05) is 7.11 Å². The number of methoxy groups -OCH3 is 1. The van der Waals surface area contributed by atoms with Crippen molar-refractivity contribution < 1.29 is 23.9 Å². The molecule has 0 saturated carbocycles. The first-order chi connectivity index (χ1) is 15.3. The summed E-state index contributed by atoms with van der Waals surface area (Å²) in [4.78, 5) is 39.2. The third-order valence-corrected chi connectivity index (χ3v) is 6.12. The average molecular weight is 431 g/mol. The Labute approximate surface area is 186 Å². The first-order valence-electron chi connectivity index (χ1n) is 10.5. The van der Waals surface area contributed by atoms with E-state index in [1.807, 2.05) is 60.7 Å². The molecule has 1 aliphatic heterocycles. The minimum Gasteiger partial charge on any atom is -0.469 e. The van der Waals surface area contributed by atoms with E-state index in [0.29, 0.717) is 11.3 Å². The topological polar surface area (TPSA) is 81.7 Å². The van der Waals surface area contributed by atoms with Crippen LogP contribution in [0.3, 0.4) is 0 Å². The summed E-state index contributed by atoms with van der Waals surface area (Å²) < 4.78 is 10.7. The van der Waals surface area contributed by atoms with Crippen LogP contribution >= 0.6 is 0 Å². The lowest BCUT2D eigenvalue weighted by molar-refractivity contribution is -0.157. The van der Waals surface area contributed by atoms with Gasteiger partial charge in [0.1, 0.15) is 11.7 Å². The van der Waals surface area contributed by atoms with E-state index in [9.17, 15) is 14.4 Å². The summed E-state index contributed by atoms with van der Waals surface area (Å²) in [5.74, 6) is -3.28. The first kappa shape index (κ1) is 21.6. The number of benzene rings is 3. The molecule has 1 aliphatic rings. The Bertz CT molecular complexity index is 1190. The number of rotatable bonds is 5. The second-order valence-electron chi connectivity index (χ2n) is 8.49. The van der Waals surface area contributed by atoms with Crippen LogP contribution < -0.4 is 10.1 Å². The predicted molar refractivity (Wildman–Crippen MR) is 120 cm³/mol. The summed E-state index contributed by atoms with van der Waals surface area (Å²) in [6.45, 7) is 3.66. The van der Waals surface area contributed by atoms with E-state index in [0.717, 1.165) is 16.3 Å². The lowest BCUT2D eigenvalue weighted by Gasteiger charge is -2.40. The number of nitrogens with one attached hydrogen (secondary N) is 1. The van der Waals surface area contributed by atoms with Crippen molar-refractivity contribution >= 4 is 28.6 Å². The molecule has 1 N–H and O–H groups in total. The van der Waals surface area contributed by atoms with Gasteiger partial charge in [-0.25, -0.2) is 0 Å². The van der Waals surface area contributed by atoms with Crippen molar-refractivity contribution in [2.45, 2.75) is 26.3 Å². The van der Waals surface area contributed by atoms with Gasteiger partial charge in [-0.2, -0.15) is 0 Å². The zero-order valence-corrected chi connectivity index (χ0v) is 18.3. The molecule has 2 atom stereocenters. The fourth-order valence-electron chi connectivity index (χ4n) is 4.48. The second-order valence-corrected chi connectivity index (χ2v) is 8.49. The molecular weight excluding hydrogens is 406 g/mol. The number of amides is 1. The summed E-state index contributed by atoms with van der Waals surface area (Å²) in [5, 5.41) is 4.61. The quantitative estimate of drug-likeness (QED) is 0.376. The molecule has 0 saturated heterocycles. The molecule has 164 valence electrons. The van der Waals surface area contributed by atoms with Gasteiger partial charge in [0.15, 0.2) is 0 Å². The Kier molecular flexibility index (Phi) is 5.70. The second kappa shape index (κ2) is 8.46. The van der Waals surface area contributed by atoms with Gasteiger partial charge in [-0.3, -0.25) is 14.4 Å². The van der Waals surface area contributed by atoms with Crippen molar-refractivity contribution in [2.24, 2.45) is 11.3 Å². The molecule has 3 aromatic rings. The molecule has 0 spiro atoms. The third kappa shape index (κ3) is 3.73. The summed E-state index contributed by atoms with van der Waals surface area (Å²) in [6.07, 6.45) is 0. The Morgan fingerprint density at radius 1 is 1.00 bits per heavy atom. The smallest absolute Gasteiger partial charge is 0.324 e. The highest BCUT2D eigenvalue weighted by atomic mass is 16.5. The number of fused-ring (bicyclic) bond motifs is 3. The van der Waals surface area contributed by atoms with Crippen LogP contribution in [0.2, 0.25) is 0 Å². The van der Waals surface area contributed by atoms with Crippen LogP contribution in [0, 0.1) is 11.3 Å². The molecule has 6 nitrogen and oxygen atoms in total. The van der Waals surface area contributed by atoms with Crippen LogP contribution in [-0.2, 0) is 25.7 Å². The highest BCUT2D eigenvalue weighted by Crippen LogP contribution is 2.51. The lowest BCUT2D eigenvalue weighted by Crippen LogP contribution is -2.49. The number of hydrogen-bond donors (Lipinski definition) is 1. The zero-order chi connectivity index (χ0) is 22.9. The van der Waals surface area contributed by atoms with Crippen LogP contribution in [-0.4, -0.2) is 25.0 Å². The minimum atomic E-state index is -1.20. The molecule has 0 unspecified atom stereocenters. The largest absolute Gasteiger partial charge is 0.469 e. The van der Waals surface area contributed by atoms with Gasteiger partial charge < -0.3 is 14.8 Å².